The molecule has 0 aromatic heterocycles. The van der Waals surface area contributed by atoms with Gasteiger partial charge in [-0.3, -0.25) is 0 Å². The van der Waals surface area contributed by atoms with Crippen LogP contribution in [0, 0.1) is 0 Å². The van der Waals surface area contributed by atoms with Crippen LogP contribution in [0.3, 0.4) is 0 Å². The predicted molar refractivity (Wildman–Crippen MR) is 40.4 cm³/mol. The summed E-state index contributed by atoms with van der Waals surface area (Å²) in [7, 11) is 0. The number of hydrogen-bond acceptors (Lipinski definition) is 5. The van der Waals surface area contributed by atoms with E-state index in [1.54, 1.807) is 0 Å². The van der Waals surface area contributed by atoms with Crippen molar-refractivity contribution in [2.45, 2.75) is 37.8 Å². The second kappa shape index (κ2) is 3.95. The first-order chi connectivity index (χ1) is 5.34. The minimum atomic E-state index is -2.02. The maximum Gasteiger partial charge on any atom is 0.151 e. The number of aliphatic hydroxyl groups is 4. The molecule has 12 heavy (non-hydrogen) atoms. The van der Waals surface area contributed by atoms with Crippen molar-refractivity contribution in [1.29, 1.82) is 0 Å². The summed E-state index contributed by atoms with van der Waals surface area (Å²) < 4.78 is 0. The molecule has 0 unspecified atom stereocenters. The summed E-state index contributed by atoms with van der Waals surface area (Å²) in [6.07, 6.45) is -4.37. The van der Waals surface area contributed by atoms with Crippen molar-refractivity contribution in [2.75, 3.05) is 0 Å². The fourth-order valence-corrected chi connectivity index (χ4v) is 0.801. The van der Waals surface area contributed by atoms with Crippen molar-refractivity contribution < 1.29 is 25.2 Å². The Labute approximate surface area is 70.3 Å². The molecule has 0 aromatic rings. The predicted octanol–water partition coefficient (Wildman–Crippen LogP) is -1.96. The number of hydrogen-bond donors (Lipinski definition) is 4. The lowest BCUT2D eigenvalue weighted by atomic mass is 9.90. The van der Waals surface area contributed by atoms with E-state index in [-0.39, 0.29) is 6.29 Å². The summed E-state index contributed by atoms with van der Waals surface area (Å²) in [6.45, 7) is 2.32. The smallest absolute Gasteiger partial charge is 0.151 e. The molecule has 0 aliphatic carbocycles. The number of aliphatic hydroxyl groups excluding tert-OH is 3. The highest BCUT2D eigenvalue weighted by Crippen LogP contribution is 2.16. The van der Waals surface area contributed by atoms with Crippen molar-refractivity contribution in [3.8, 4) is 0 Å². The standard InChI is InChI=1S/C7H14O5/c1-4(9)6(11)7(2,12)5(10)3-8/h3-6,9-12H,1-2H3/t4-,5+,6-,7-/m0/s1. The zero-order valence-electron chi connectivity index (χ0n) is 7.01. The van der Waals surface area contributed by atoms with Gasteiger partial charge in [0.1, 0.15) is 17.8 Å². The summed E-state index contributed by atoms with van der Waals surface area (Å²) in [5.41, 5.74) is -2.02. The zero-order chi connectivity index (χ0) is 9.94. The molecule has 0 heterocycles. The summed E-state index contributed by atoms with van der Waals surface area (Å²) in [5.74, 6) is 0. The second-order valence-electron chi connectivity index (χ2n) is 2.99. The van der Waals surface area contributed by atoms with Crippen LogP contribution in [0.2, 0.25) is 0 Å². The van der Waals surface area contributed by atoms with Gasteiger partial charge in [0.05, 0.1) is 6.10 Å². The van der Waals surface area contributed by atoms with Gasteiger partial charge in [-0.2, -0.15) is 0 Å². The topological polar surface area (TPSA) is 98.0 Å². The Balaban J connectivity index is 4.47. The van der Waals surface area contributed by atoms with Crippen LogP contribution in [0.1, 0.15) is 13.8 Å². The highest BCUT2D eigenvalue weighted by atomic mass is 16.4. The first kappa shape index (κ1) is 11.5. The van der Waals surface area contributed by atoms with E-state index < -0.39 is 23.9 Å². The molecule has 5 nitrogen and oxygen atoms in total. The van der Waals surface area contributed by atoms with Gasteiger partial charge >= 0.3 is 0 Å². The Bertz CT molecular complexity index is 154. The molecular weight excluding hydrogens is 164 g/mol. The molecule has 5 heteroatoms. The van der Waals surface area contributed by atoms with Crippen molar-refractivity contribution in [2.24, 2.45) is 0 Å². The number of aldehydes is 1. The van der Waals surface area contributed by atoms with Crippen molar-refractivity contribution in [1.82, 2.24) is 0 Å². The van der Waals surface area contributed by atoms with Gasteiger partial charge in [-0.05, 0) is 13.8 Å². The van der Waals surface area contributed by atoms with Gasteiger partial charge in [0.15, 0.2) is 6.29 Å². The quantitative estimate of drug-likeness (QED) is 0.375. The number of rotatable bonds is 4. The van der Waals surface area contributed by atoms with E-state index in [1.165, 1.54) is 6.92 Å². The minimum absolute atomic E-state index is 0.103. The normalized spacial score (nSPS) is 23.8. The van der Waals surface area contributed by atoms with Crippen LogP contribution in [0.4, 0.5) is 0 Å². The van der Waals surface area contributed by atoms with E-state index in [2.05, 4.69) is 0 Å². The van der Waals surface area contributed by atoms with Crippen LogP contribution >= 0.6 is 0 Å². The molecule has 4 atom stereocenters. The van der Waals surface area contributed by atoms with Crippen LogP contribution < -0.4 is 0 Å². The van der Waals surface area contributed by atoms with Crippen LogP contribution in [0.25, 0.3) is 0 Å². The van der Waals surface area contributed by atoms with E-state index in [9.17, 15) is 9.90 Å². The Morgan fingerprint density at radius 3 is 2.00 bits per heavy atom. The molecule has 72 valence electrons. The molecule has 0 aliphatic heterocycles. The third-order valence-electron chi connectivity index (χ3n) is 1.78. The molecule has 0 amide bonds. The van der Waals surface area contributed by atoms with Gasteiger partial charge in [-0.1, -0.05) is 0 Å². The molecule has 0 fully saturated rings. The Morgan fingerprint density at radius 1 is 1.33 bits per heavy atom. The highest BCUT2D eigenvalue weighted by molar-refractivity contribution is 5.58. The first-order valence-corrected chi connectivity index (χ1v) is 3.56. The lowest BCUT2D eigenvalue weighted by Crippen LogP contribution is -2.54. The number of carbonyl (C=O) groups is 1. The van der Waals surface area contributed by atoms with Crippen molar-refractivity contribution >= 4 is 6.29 Å². The van der Waals surface area contributed by atoms with Gasteiger partial charge in [-0.25, -0.2) is 0 Å². The Hall–Kier alpha value is -0.490. The third kappa shape index (κ3) is 2.25. The fourth-order valence-electron chi connectivity index (χ4n) is 0.801. The van der Waals surface area contributed by atoms with Gasteiger partial charge in [0.2, 0.25) is 0 Å². The van der Waals surface area contributed by atoms with Crippen LogP contribution in [0.15, 0.2) is 0 Å². The van der Waals surface area contributed by atoms with E-state index in [0.717, 1.165) is 6.92 Å². The lowest BCUT2D eigenvalue weighted by molar-refractivity contribution is -0.166. The molecule has 0 rings (SSSR count). The van der Waals surface area contributed by atoms with Gasteiger partial charge in [-0.15, -0.1) is 0 Å². The maximum absolute atomic E-state index is 10.1. The van der Waals surface area contributed by atoms with Crippen molar-refractivity contribution in [3.05, 3.63) is 0 Å². The van der Waals surface area contributed by atoms with Gasteiger partial charge in [0, 0.05) is 0 Å². The van der Waals surface area contributed by atoms with Crippen LogP contribution in [-0.2, 0) is 4.79 Å². The van der Waals surface area contributed by atoms with E-state index in [0.29, 0.717) is 0 Å². The SMILES string of the molecule is C[C@H](O)[C@H](O)[C@@](C)(O)[C@H](O)C=O. The maximum atomic E-state index is 10.1. The zero-order valence-corrected chi connectivity index (χ0v) is 7.01. The average Bonchev–Trinajstić information content (AvgIpc) is 2.01. The molecule has 0 bridgehead atoms. The highest BCUT2D eigenvalue weighted by Gasteiger charge is 2.40. The van der Waals surface area contributed by atoms with Crippen LogP contribution in [-0.4, -0.2) is 50.6 Å². The average molecular weight is 178 g/mol. The van der Waals surface area contributed by atoms with E-state index >= 15 is 0 Å². The molecular formula is C7H14O5. The Kier molecular flexibility index (Phi) is 3.79. The Morgan fingerprint density at radius 2 is 1.75 bits per heavy atom. The minimum Gasteiger partial charge on any atom is -0.391 e. The monoisotopic (exact) mass is 178 g/mol. The summed E-state index contributed by atoms with van der Waals surface area (Å²) in [4.78, 5) is 10.1. The van der Waals surface area contributed by atoms with Crippen LogP contribution in [0.5, 0.6) is 0 Å². The molecule has 0 saturated heterocycles. The van der Waals surface area contributed by atoms with Gasteiger partial charge < -0.3 is 25.2 Å². The summed E-state index contributed by atoms with van der Waals surface area (Å²) in [5, 5.41) is 36.2. The molecule has 0 spiro atoms. The fraction of sp³-hybridized carbons (Fsp3) is 0.857. The second-order valence-corrected chi connectivity index (χ2v) is 2.99. The van der Waals surface area contributed by atoms with E-state index in [1.807, 2.05) is 0 Å². The lowest BCUT2D eigenvalue weighted by Gasteiger charge is -2.32. The summed E-state index contributed by atoms with van der Waals surface area (Å²) in [6, 6.07) is 0. The van der Waals surface area contributed by atoms with E-state index in [4.69, 9.17) is 15.3 Å². The molecule has 0 saturated carbocycles. The first-order valence-electron chi connectivity index (χ1n) is 3.56. The summed E-state index contributed by atoms with van der Waals surface area (Å²) >= 11 is 0. The third-order valence-corrected chi connectivity index (χ3v) is 1.78. The molecule has 4 N–H and O–H groups in total. The van der Waals surface area contributed by atoms with Gasteiger partial charge in [0.25, 0.3) is 0 Å². The molecule has 0 aromatic carbocycles. The number of carbonyl (C=O) groups excluding carboxylic acids is 1. The largest absolute Gasteiger partial charge is 0.391 e. The van der Waals surface area contributed by atoms with Crippen molar-refractivity contribution in [3.63, 3.8) is 0 Å². The molecule has 0 radical (unpaired) electrons. The molecule has 0 aliphatic rings.